The third-order valence-electron chi connectivity index (χ3n) is 4.99. The molecule has 7 heteroatoms. The number of likely N-dealkylation sites (tertiary alicyclic amines) is 1. The second-order valence-electron chi connectivity index (χ2n) is 7.09. The van der Waals surface area contributed by atoms with Gasteiger partial charge in [-0.1, -0.05) is 29.8 Å². The summed E-state index contributed by atoms with van der Waals surface area (Å²) in [6, 6.07) is 13.3. The van der Waals surface area contributed by atoms with Crippen molar-refractivity contribution >= 4 is 27.5 Å². The van der Waals surface area contributed by atoms with Gasteiger partial charge in [0.15, 0.2) is 0 Å². The summed E-state index contributed by atoms with van der Waals surface area (Å²) in [5, 5.41) is 0.480. The second-order valence-corrected chi connectivity index (χ2v) is 9.46. The van der Waals surface area contributed by atoms with Gasteiger partial charge in [0.2, 0.25) is 10.0 Å². The molecule has 0 atom stereocenters. The normalized spacial score (nSPS) is 14.8. The predicted molar refractivity (Wildman–Crippen MR) is 115 cm³/mol. The van der Waals surface area contributed by atoms with Crippen molar-refractivity contribution < 1.29 is 13.2 Å². The molecule has 0 bridgehead atoms. The molecule has 1 fully saturated rings. The van der Waals surface area contributed by atoms with Gasteiger partial charge in [-0.3, -0.25) is 4.79 Å². The molecule has 154 valence electrons. The number of carbonyl (C=O) groups is 1. The Morgan fingerprint density at radius 2 is 1.66 bits per heavy atom. The van der Waals surface area contributed by atoms with Gasteiger partial charge in [0.25, 0.3) is 5.91 Å². The summed E-state index contributed by atoms with van der Waals surface area (Å²) in [5.74, 6) is 0.0352. The molecule has 0 N–H and O–H groups in total. The Bertz CT molecular complexity index is 951. The molecule has 1 aliphatic heterocycles. The zero-order valence-electron chi connectivity index (χ0n) is 16.3. The van der Waals surface area contributed by atoms with Crippen LogP contribution in [0.25, 0.3) is 0 Å². The fourth-order valence-electron chi connectivity index (χ4n) is 3.38. The van der Waals surface area contributed by atoms with Crippen LogP contribution in [0.15, 0.2) is 66.1 Å². The molecule has 5 nitrogen and oxygen atoms in total. The number of hydrogen-bond donors (Lipinski definition) is 0. The number of amides is 1. The Labute approximate surface area is 177 Å². The summed E-state index contributed by atoms with van der Waals surface area (Å²) < 4.78 is 27.3. The molecule has 0 radical (unpaired) electrons. The van der Waals surface area contributed by atoms with E-state index in [0.717, 1.165) is 31.5 Å². The Morgan fingerprint density at radius 3 is 2.24 bits per heavy atom. The number of nitrogens with zero attached hydrogens (tertiary/aromatic N) is 2. The maximum atomic E-state index is 13.0. The van der Waals surface area contributed by atoms with Crippen LogP contribution in [0.4, 0.5) is 0 Å². The molecule has 1 heterocycles. The molecule has 0 saturated carbocycles. The van der Waals surface area contributed by atoms with Crippen LogP contribution in [-0.2, 0) is 16.6 Å². The Balaban J connectivity index is 1.76. The maximum absolute atomic E-state index is 13.0. The van der Waals surface area contributed by atoms with Crippen molar-refractivity contribution in [2.75, 3.05) is 19.6 Å². The minimum absolute atomic E-state index is 0.0352. The van der Waals surface area contributed by atoms with Gasteiger partial charge in [0, 0.05) is 36.8 Å². The van der Waals surface area contributed by atoms with Crippen LogP contribution < -0.4 is 0 Å². The molecule has 0 aliphatic carbocycles. The van der Waals surface area contributed by atoms with Crippen LogP contribution in [0.1, 0.15) is 35.2 Å². The highest BCUT2D eigenvalue weighted by Gasteiger charge is 2.24. The number of halogens is 1. The molecule has 1 amide bonds. The highest BCUT2D eigenvalue weighted by Crippen LogP contribution is 2.21. The number of rotatable bonds is 7. The summed E-state index contributed by atoms with van der Waals surface area (Å²) in [5.41, 5.74) is 1.44. The quantitative estimate of drug-likeness (QED) is 0.611. The lowest BCUT2D eigenvalue weighted by Crippen LogP contribution is -2.35. The lowest BCUT2D eigenvalue weighted by atomic mass is 10.1. The van der Waals surface area contributed by atoms with E-state index in [1.54, 1.807) is 30.3 Å². The predicted octanol–water partition coefficient (Wildman–Crippen LogP) is 4.34. The Kier molecular flexibility index (Phi) is 7.11. The fourth-order valence-corrected chi connectivity index (χ4v) is 4.91. The molecule has 0 spiro atoms. The third kappa shape index (κ3) is 5.26. The van der Waals surface area contributed by atoms with Crippen LogP contribution in [0.2, 0.25) is 5.02 Å². The molecule has 29 heavy (non-hydrogen) atoms. The van der Waals surface area contributed by atoms with Gasteiger partial charge in [-0.25, -0.2) is 8.42 Å². The first-order valence-electron chi connectivity index (χ1n) is 9.66. The van der Waals surface area contributed by atoms with Gasteiger partial charge < -0.3 is 4.90 Å². The van der Waals surface area contributed by atoms with Crippen molar-refractivity contribution in [3.05, 3.63) is 77.3 Å². The first-order chi connectivity index (χ1) is 13.9. The molecule has 1 saturated heterocycles. The van der Waals surface area contributed by atoms with E-state index in [0.29, 0.717) is 10.6 Å². The van der Waals surface area contributed by atoms with E-state index in [-0.39, 0.29) is 23.9 Å². The highest BCUT2D eigenvalue weighted by molar-refractivity contribution is 7.89. The first-order valence-corrected chi connectivity index (χ1v) is 11.5. The number of piperidine rings is 1. The number of sulfonamides is 1. The van der Waals surface area contributed by atoms with Crippen molar-refractivity contribution in [3.63, 3.8) is 0 Å². The largest absolute Gasteiger partial charge is 0.339 e. The van der Waals surface area contributed by atoms with Crippen molar-refractivity contribution in [3.8, 4) is 0 Å². The summed E-state index contributed by atoms with van der Waals surface area (Å²) >= 11 is 5.87. The molecule has 2 aromatic rings. The average molecular weight is 433 g/mol. The van der Waals surface area contributed by atoms with Crippen LogP contribution in [0, 0.1) is 0 Å². The van der Waals surface area contributed by atoms with E-state index in [4.69, 9.17) is 11.6 Å². The van der Waals surface area contributed by atoms with Gasteiger partial charge in [-0.2, -0.15) is 4.31 Å². The second kappa shape index (κ2) is 9.57. The number of hydrogen-bond acceptors (Lipinski definition) is 3. The van der Waals surface area contributed by atoms with Gasteiger partial charge in [-0.15, -0.1) is 6.58 Å². The molecule has 2 aromatic carbocycles. The van der Waals surface area contributed by atoms with Crippen molar-refractivity contribution in [1.29, 1.82) is 0 Å². The van der Waals surface area contributed by atoms with E-state index in [1.165, 1.54) is 22.9 Å². The lowest BCUT2D eigenvalue weighted by Gasteiger charge is -2.27. The Morgan fingerprint density at radius 1 is 1.03 bits per heavy atom. The van der Waals surface area contributed by atoms with Gasteiger partial charge in [0.05, 0.1) is 4.90 Å². The molecular weight excluding hydrogens is 408 g/mol. The van der Waals surface area contributed by atoms with E-state index in [1.807, 2.05) is 17.0 Å². The van der Waals surface area contributed by atoms with Crippen molar-refractivity contribution in [2.24, 2.45) is 0 Å². The standard InChI is InChI=1S/C22H25ClN2O3S/c1-2-14-25(29(27,28)21-12-10-20(23)11-13-21)17-18-6-8-19(9-7-18)22(26)24-15-4-3-5-16-24/h2,6-13H,1,3-5,14-17H2. The fraction of sp³-hybridized carbons (Fsp3) is 0.318. The number of benzene rings is 2. The van der Waals surface area contributed by atoms with Crippen molar-refractivity contribution in [1.82, 2.24) is 9.21 Å². The van der Waals surface area contributed by atoms with Gasteiger partial charge in [0.1, 0.15) is 0 Å². The summed E-state index contributed by atoms with van der Waals surface area (Å²) in [6.07, 6.45) is 4.82. The van der Waals surface area contributed by atoms with E-state index < -0.39 is 10.0 Å². The smallest absolute Gasteiger partial charge is 0.253 e. The van der Waals surface area contributed by atoms with E-state index >= 15 is 0 Å². The monoisotopic (exact) mass is 432 g/mol. The van der Waals surface area contributed by atoms with Crippen molar-refractivity contribution in [2.45, 2.75) is 30.7 Å². The summed E-state index contributed by atoms with van der Waals surface area (Å²) in [7, 11) is -3.69. The molecule has 0 aromatic heterocycles. The third-order valence-corrected chi connectivity index (χ3v) is 7.07. The molecule has 1 aliphatic rings. The zero-order valence-corrected chi connectivity index (χ0v) is 17.8. The average Bonchev–Trinajstić information content (AvgIpc) is 2.74. The van der Waals surface area contributed by atoms with Gasteiger partial charge >= 0.3 is 0 Å². The SMILES string of the molecule is C=CCN(Cc1ccc(C(=O)N2CCCCC2)cc1)S(=O)(=O)c1ccc(Cl)cc1. The molecule has 0 unspecified atom stereocenters. The van der Waals surface area contributed by atoms with Crippen LogP contribution in [-0.4, -0.2) is 43.2 Å². The lowest BCUT2D eigenvalue weighted by molar-refractivity contribution is 0.0724. The minimum Gasteiger partial charge on any atom is -0.339 e. The molecule has 3 rings (SSSR count). The first kappa shape index (κ1) is 21.6. The van der Waals surface area contributed by atoms with Crippen LogP contribution in [0.3, 0.4) is 0 Å². The topological polar surface area (TPSA) is 57.7 Å². The highest BCUT2D eigenvalue weighted by atomic mass is 35.5. The maximum Gasteiger partial charge on any atom is 0.253 e. The van der Waals surface area contributed by atoms with E-state index in [2.05, 4.69) is 6.58 Å². The molecular formula is C22H25ClN2O3S. The van der Waals surface area contributed by atoms with Crippen LogP contribution >= 0.6 is 11.6 Å². The zero-order chi connectivity index (χ0) is 20.9. The minimum atomic E-state index is -3.69. The Hall–Kier alpha value is -2.15. The summed E-state index contributed by atoms with van der Waals surface area (Å²) in [4.78, 5) is 14.7. The number of carbonyl (C=O) groups excluding carboxylic acids is 1. The van der Waals surface area contributed by atoms with Crippen LogP contribution in [0.5, 0.6) is 0 Å². The van der Waals surface area contributed by atoms with E-state index in [9.17, 15) is 13.2 Å². The van der Waals surface area contributed by atoms with Gasteiger partial charge in [-0.05, 0) is 61.2 Å². The summed E-state index contributed by atoms with van der Waals surface area (Å²) in [6.45, 7) is 5.64.